The van der Waals surface area contributed by atoms with Crippen molar-refractivity contribution in [1.29, 1.82) is 0 Å². The number of carboxylic acid groups (broad SMARTS) is 1. The first kappa shape index (κ1) is 10.0. The van der Waals surface area contributed by atoms with Gasteiger partial charge < -0.3 is 10.4 Å². The summed E-state index contributed by atoms with van der Waals surface area (Å²) in [6.07, 6.45) is 1.71. The normalized spacial score (nSPS) is 19.3. The minimum absolute atomic E-state index is 0.153. The summed E-state index contributed by atoms with van der Waals surface area (Å²) in [7, 11) is 0. The van der Waals surface area contributed by atoms with Gasteiger partial charge in [-0.15, -0.1) is 0 Å². The third-order valence-corrected chi connectivity index (χ3v) is 2.51. The van der Waals surface area contributed by atoms with Gasteiger partial charge in [0.1, 0.15) is 5.54 Å². The lowest BCUT2D eigenvalue weighted by Gasteiger charge is -2.23. The Bertz CT molecular complexity index is 254. The van der Waals surface area contributed by atoms with E-state index < -0.39 is 11.5 Å². The predicted octanol–water partition coefficient (Wildman–Crippen LogP) is 0.766. The van der Waals surface area contributed by atoms with E-state index >= 15 is 0 Å². The number of hydrogen-bond donors (Lipinski definition) is 2. The molecule has 13 heavy (non-hydrogen) atoms. The van der Waals surface area contributed by atoms with Crippen LogP contribution in [-0.2, 0) is 9.59 Å². The van der Waals surface area contributed by atoms with Crippen molar-refractivity contribution in [3.05, 3.63) is 0 Å². The van der Waals surface area contributed by atoms with Gasteiger partial charge in [-0.2, -0.15) is 0 Å². The minimum Gasteiger partial charge on any atom is -0.480 e. The monoisotopic (exact) mass is 185 g/mol. The van der Waals surface area contributed by atoms with Crippen molar-refractivity contribution in [2.24, 2.45) is 5.41 Å². The maximum absolute atomic E-state index is 11.5. The fraction of sp³-hybridized carbons (Fsp3) is 0.778. The van der Waals surface area contributed by atoms with E-state index in [1.165, 1.54) is 13.8 Å². The zero-order chi connectivity index (χ0) is 10.3. The van der Waals surface area contributed by atoms with E-state index in [1.54, 1.807) is 0 Å². The fourth-order valence-electron chi connectivity index (χ4n) is 0.903. The number of carboxylic acids is 1. The third kappa shape index (κ3) is 1.99. The second kappa shape index (κ2) is 2.72. The average molecular weight is 185 g/mol. The molecule has 0 aromatic heterocycles. The van der Waals surface area contributed by atoms with Crippen molar-refractivity contribution in [3.8, 4) is 0 Å². The summed E-state index contributed by atoms with van der Waals surface area (Å²) in [4.78, 5) is 22.2. The first-order valence-electron chi connectivity index (χ1n) is 4.34. The number of nitrogens with one attached hydrogen (secondary N) is 1. The molecule has 1 amide bonds. The van der Waals surface area contributed by atoms with E-state index in [0.717, 1.165) is 12.8 Å². The molecule has 1 rings (SSSR count). The molecule has 1 aliphatic rings. The van der Waals surface area contributed by atoms with Crippen molar-refractivity contribution in [2.45, 2.75) is 39.2 Å². The molecule has 0 aliphatic heterocycles. The topological polar surface area (TPSA) is 66.4 Å². The van der Waals surface area contributed by atoms with Crippen LogP contribution in [0.1, 0.15) is 33.6 Å². The number of carbonyl (C=O) groups excluding carboxylic acids is 1. The Kier molecular flexibility index (Phi) is 2.10. The number of hydrogen-bond acceptors (Lipinski definition) is 2. The zero-order valence-electron chi connectivity index (χ0n) is 8.18. The Labute approximate surface area is 77.3 Å². The highest BCUT2D eigenvalue weighted by molar-refractivity contribution is 5.90. The summed E-state index contributed by atoms with van der Waals surface area (Å²) >= 11 is 0. The summed E-state index contributed by atoms with van der Waals surface area (Å²) in [5.41, 5.74) is -1.48. The molecule has 1 fully saturated rings. The third-order valence-electron chi connectivity index (χ3n) is 2.51. The van der Waals surface area contributed by atoms with Gasteiger partial charge in [0, 0.05) is 5.41 Å². The molecule has 4 nitrogen and oxygen atoms in total. The first-order valence-corrected chi connectivity index (χ1v) is 4.34. The molecule has 4 heteroatoms. The summed E-state index contributed by atoms with van der Waals surface area (Å²) < 4.78 is 0. The van der Waals surface area contributed by atoms with Crippen LogP contribution >= 0.6 is 0 Å². The second-order valence-electron chi connectivity index (χ2n) is 4.44. The van der Waals surface area contributed by atoms with Crippen LogP contribution in [0.2, 0.25) is 0 Å². The van der Waals surface area contributed by atoms with Gasteiger partial charge >= 0.3 is 5.97 Å². The van der Waals surface area contributed by atoms with Crippen molar-refractivity contribution in [3.63, 3.8) is 0 Å². The molecule has 0 unspecified atom stereocenters. The lowest BCUT2D eigenvalue weighted by atomic mass is 10.0. The molecule has 0 aromatic carbocycles. The van der Waals surface area contributed by atoms with Crippen molar-refractivity contribution < 1.29 is 14.7 Å². The summed E-state index contributed by atoms with van der Waals surface area (Å²) in [6.45, 7) is 4.82. The Morgan fingerprint density at radius 1 is 1.38 bits per heavy atom. The molecule has 0 bridgehead atoms. The van der Waals surface area contributed by atoms with E-state index in [-0.39, 0.29) is 11.3 Å². The molecule has 2 N–H and O–H groups in total. The second-order valence-corrected chi connectivity index (χ2v) is 4.44. The smallest absolute Gasteiger partial charge is 0.328 e. The maximum Gasteiger partial charge on any atom is 0.328 e. The van der Waals surface area contributed by atoms with Gasteiger partial charge in [0.05, 0.1) is 0 Å². The van der Waals surface area contributed by atoms with E-state index in [4.69, 9.17) is 5.11 Å². The highest BCUT2D eigenvalue weighted by atomic mass is 16.4. The van der Waals surface area contributed by atoms with Gasteiger partial charge in [0.15, 0.2) is 0 Å². The lowest BCUT2D eigenvalue weighted by Crippen LogP contribution is -2.51. The van der Waals surface area contributed by atoms with E-state index in [1.807, 2.05) is 6.92 Å². The highest BCUT2D eigenvalue weighted by Gasteiger charge is 2.47. The van der Waals surface area contributed by atoms with Crippen LogP contribution in [0.15, 0.2) is 0 Å². The molecular weight excluding hydrogens is 170 g/mol. The number of carbonyl (C=O) groups is 2. The molecule has 1 aliphatic carbocycles. The van der Waals surface area contributed by atoms with Gasteiger partial charge in [-0.05, 0) is 26.7 Å². The largest absolute Gasteiger partial charge is 0.480 e. The van der Waals surface area contributed by atoms with Gasteiger partial charge in [0.25, 0.3) is 0 Å². The van der Waals surface area contributed by atoms with Crippen LogP contribution in [0.5, 0.6) is 0 Å². The molecule has 0 radical (unpaired) electrons. The van der Waals surface area contributed by atoms with Gasteiger partial charge in [-0.25, -0.2) is 4.79 Å². The minimum atomic E-state index is -1.16. The quantitative estimate of drug-likeness (QED) is 0.682. The Morgan fingerprint density at radius 2 is 1.85 bits per heavy atom. The average Bonchev–Trinajstić information content (AvgIpc) is 2.68. The molecule has 74 valence electrons. The summed E-state index contributed by atoms with van der Waals surface area (Å²) in [5.74, 6) is -1.16. The van der Waals surface area contributed by atoms with Gasteiger partial charge in [0.2, 0.25) is 5.91 Å². The van der Waals surface area contributed by atoms with Gasteiger partial charge in [-0.3, -0.25) is 4.79 Å². The lowest BCUT2D eigenvalue weighted by molar-refractivity contribution is -0.146. The van der Waals surface area contributed by atoms with Crippen LogP contribution in [0.25, 0.3) is 0 Å². The summed E-state index contributed by atoms with van der Waals surface area (Å²) in [6, 6.07) is 0. The first-order chi connectivity index (χ1) is 5.78. The molecular formula is C9H15NO3. The molecule has 0 heterocycles. The Morgan fingerprint density at radius 3 is 2.15 bits per heavy atom. The van der Waals surface area contributed by atoms with Crippen LogP contribution in [0.4, 0.5) is 0 Å². The van der Waals surface area contributed by atoms with Gasteiger partial charge in [-0.1, -0.05) is 6.92 Å². The number of amides is 1. The molecule has 0 spiro atoms. The maximum atomic E-state index is 11.5. The van der Waals surface area contributed by atoms with Crippen LogP contribution in [-0.4, -0.2) is 22.5 Å². The van der Waals surface area contributed by atoms with E-state index in [2.05, 4.69) is 5.32 Å². The SMILES string of the molecule is CC1(C(=O)NC(C)(C)C(=O)O)CC1. The standard InChI is InChI=1S/C9H15NO3/c1-8(2,7(12)13)10-6(11)9(3)4-5-9/h4-5H2,1-3H3,(H,10,11)(H,12,13). The molecule has 0 atom stereocenters. The number of aliphatic carboxylic acids is 1. The molecule has 0 aromatic rings. The molecule has 1 saturated carbocycles. The fourth-order valence-corrected chi connectivity index (χ4v) is 0.903. The van der Waals surface area contributed by atoms with Crippen molar-refractivity contribution in [2.75, 3.05) is 0 Å². The Balaban J connectivity index is 2.58. The van der Waals surface area contributed by atoms with Crippen LogP contribution in [0.3, 0.4) is 0 Å². The Hall–Kier alpha value is -1.06. The van der Waals surface area contributed by atoms with Crippen molar-refractivity contribution >= 4 is 11.9 Å². The molecule has 0 saturated heterocycles. The highest BCUT2D eigenvalue weighted by Crippen LogP contribution is 2.45. The summed E-state index contributed by atoms with van der Waals surface area (Å²) in [5, 5.41) is 11.3. The zero-order valence-corrected chi connectivity index (χ0v) is 8.18. The van der Waals surface area contributed by atoms with Crippen LogP contribution in [0, 0.1) is 5.41 Å². The van der Waals surface area contributed by atoms with Crippen molar-refractivity contribution in [1.82, 2.24) is 5.32 Å². The van der Waals surface area contributed by atoms with E-state index in [0.29, 0.717) is 0 Å². The number of rotatable bonds is 3. The van der Waals surface area contributed by atoms with E-state index in [9.17, 15) is 9.59 Å². The van der Waals surface area contributed by atoms with Crippen LogP contribution < -0.4 is 5.32 Å². The predicted molar refractivity (Wildman–Crippen MR) is 47.2 cm³/mol.